The van der Waals surface area contributed by atoms with E-state index in [1.807, 2.05) is 0 Å². The molecule has 0 saturated heterocycles. The second-order valence-electron chi connectivity index (χ2n) is 1.46. The maximum absolute atomic E-state index is 8.91. The fourth-order valence-corrected chi connectivity index (χ4v) is 0.781. The molecule has 1 aromatic rings. The van der Waals surface area contributed by atoms with Gasteiger partial charge in [0.25, 0.3) is 0 Å². The van der Waals surface area contributed by atoms with Gasteiger partial charge in [-0.05, 0) is 15.9 Å². The zero-order valence-electron chi connectivity index (χ0n) is 4.71. The lowest BCUT2D eigenvalue weighted by atomic mass is 10.5. The van der Waals surface area contributed by atoms with E-state index in [0.717, 1.165) is 0 Å². The van der Waals surface area contributed by atoms with Crippen molar-refractivity contribution in [1.82, 2.24) is 4.98 Å². The van der Waals surface area contributed by atoms with Gasteiger partial charge >= 0.3 is 0 Å². The van der Waals surface area contributed by atoms with E-state index in [2.05, 4.69) is 20.9 Å². The van der Waals surface area contributed by atoms with Gasteiger partial charge in [-0.2, -0.15) is 0 Å². The van der Waals surface area contributed by atoms with Crippen LogP contribution in [0, 0.1) is 0 Å². The van der Waals surface area contributed by atoms with E-state index in [4.69, 9.17) is 16.7 Å². The fourth-order valence-electron chi connectivity index (χ4n) is 0.412. The second kappa shape index (κ2) is 4.01. The summed E-state index contributed by atoms with van der Waals surface area (Å²) in [5.41, 5.74) is 0. The van der Waals surface area contributed by atoms with Crippen LogP contribution in [0.4, 0.5) is 0 Å². The predicted octanol–water partition coefficient (Wildman–Crippen LogP) is 2.62. The number of rotatable bonds is 0. The van der Waals surface area contributed by atoms with Gasteiger partial charge < -0.3 is 5.11 Å². The summed E-state index contributed by atoms with van der Waals surface area (Å²) >= 11 is 8.48. The Labute approximate surface area is 77.8 Å². The van der Waals surface area contributed by atoms with Crippen LogP contribution in [0.2, 0.25) is 5.02 Å². The predicted molar refractivity (Wildman–Crippen MR) is 45.9 cm³/mol. The van der Waals surface area contributed by atoms with Crippen molar-refractivity contribution < 1.29 is 5.11 Å². The standard InChI is InChI=1S/C5H3BrClNO.ClH/c6-5-4(9)1-3(7)2-8-5;/h1-2,9H;1H. The molecule has 2 nitrogen and oxygen atoms in total. The molecule has 10 heavy (non-hydrogen) atoms. The summed E-state index contributed by atoms with van der Waals surface area (Å²) in [6.07, 6.45) is 1.45. The van der Waals surface area contributed by atoms with Crippen molar-refractivity contribution in [3.63, 3.8) is 0 Å². The van der Waals surface area contributed by atoms with Crippen LogP contribution in [0.5, 0.6) is 5.75 Å². The molecule has 0 unspecified atom stereocenters. The zero-order chi connectivity index (χ0) is 6.85. The van der Waals surface area contributed by atoms with Gasteiger partial charge in [0.15, 0.2) is 0 Å². The SMILES string of the molecule is Cl.Oc1cc(Cl)cnc1Br. The first-order chi connectivity index (χ1) is 4.20. The molecule has 0 aliphatic heterocycles. The van der Waals surface area contributed by atoms with Crippen LogP contribution in [0.25, 0.3) is 0 Å². The normalized spacial score (nSPS) is 8.60. The Kier molecular flexibility index (Phi) is 4.01. The first-order valence-electron chi connectivity index (χ1n) is 2.20. The Bertz CT molecular complexity index is 231. The van der Waals surface area contributed by atoms with Crippen molar-refractivity contribution >= 4 is 39.9 Å². The quantitative estimate of drug-likeness (QED) is 0.712. The monoisotopic (exact) mass is 243 g/mol. The van der Waals surface area contributed by atoms with Gasteiger partial charge in [-0.1, -0.05) is 11.6 Å². The average molecular weight is 245 g/mol. The molecule has 1 N–H and O–H groups in total. The molecule has 5 heteroatoms. The lowest BCUT2D eigenvalue weighted by Crippen LogP contribution is -1.74. The average Bonchev–Trinajstić information content (AvgIpc) is 1.80. The van der Waals surface area contributed by atoms with Crippen LogP contribution >= 0.6 is 39.9 Å². The van der Waals surface area contributed by atoms with E-state index < -0.39 is 0 Å². The maximum atomic E-state index is 8.91. The molecule has 56 valence electrons. The van der Waals surface area contributed by atoms with Crippen molar-refractivity contribution in [3.05, 3.63) is 21.9 Å². The van der Waals surface area contributed by atoms with Crippen LogP contribution in [0.3, 0.4) is 0 Å². The molecule has 0 bridgehead atoms. The molecule has 0 spiro atoms. The van der Waals surface area contributed by atoms with E-state index in [-0.39, 0.29) is 18.2 Å². The van der Waals surface area contributed by atoms with Crippen molar-refractivity contribution in [1.29, 1.82) is 0 Å². The van der Waals surface area contributed by atoms with Crippen molar-refractivity contribution in [2.24, 2.45) is 0 Å². The summed E-state index contributed by atoms with van der Waals surface area (Å²) in [4.78, 5) is 3.71. The number of halogens is 3. The first kappa shape index (κ1) is 10.0. The molecule has 0 atom stereocenters. The molecule has 0 saturated carbocycles. The third-order valence-corrected chi connectivity index (χ3v) is 1.60. The second-order valence-corrected chi connectivity index (χ2v) is 2.65. The van der Waals surface area contributed by atoms with Crippen molar-refractivity contribution in [2.75, 3.05) is 0 Å². The van der Waals surface area contributed by atoms with Crippen LogP contribution < -0.4 is 0 Å². The highest BCUT2D eigenvalue weighted by Gasteiger charge is 1.96. The van der Waals surface area contributed by atoms with Crippen LogP contribution in [-0.4, -0.2) is 10.1 Å². The highest BCUT2D eigenvalue weighted by Crippen LogP contribution is 2.23. The minimum atomic E-state index is 0. The van der Waals surface area contributed by atoms with Gasteiger partial charge in [-0.3, -0.25) is 0 Å². The van der Waals surface area contributed by atoms with Crippen LogP contribution in [-0.2, 0) is 0 Å². The largest absolute Gasteiger partial charge is 0.505 e. The fraction of sp³-hybridized carbons (Fsp3) is 0. The van der Waals surface area contributed by atoms with Gasteiger partial charge in [0.2, 0.25) is 0 Å². The molecule has 0 amide bonds. The Morgan fingerprint density at radius 2 is 2.20 bits per heavy atom. The Hall–Kier alpha value is 0.01000. The van der Waals surface area contributed by atoms with E-state index in [0.29, 0.717) is 9.63 Å². The van der Waals surface area contributed by atoms with Crippen molar-refractivity contribution in [3.8, 4) is 5.75 Å². The number of hydrogen-bond donors (Lipinski definition) is 1. The Morgan fingerprint density at radius 1 is 1.60 bits per heavy atom. The summed E-state index contributed by atoms with van der Waals surface area (Å²) in [7, 11) is 0. The number of hydrogen-bond acceptors (Lipinski definition) is 2. The first-order valence-corrected chi connectivity index (χ1v) is 3.37. The van der Waals surface area contributed by atoms with Gasteiger partial charge in [-0.25, -0.2) is 4.98 Å². The lowest BCUT2D eigenvalue weighted by molar-refractivity contribution is 0.468. The topological polar surface area (TPSA) is 33.1 Å². The molecule has 0 fully saturated rings. The van der Waals surface area contributed by atoms with Gasteiger partial charge in [0, 0.05) is 12.3 Å². The summed E-state index contributed by atoms with van der Waals surface area (Å²) in [6, 6.07) is 1.42. The highest BCUT2D eigenvalue weighted by molar-refractivity contribution is 9.10. The number of aromatic nitrogens is 1. The maximum Gasteiger partial charge on any atom is 0.149 e. The van der Waals surface area contributed by atoms with E-state index in [1.54, 1.807) is 0 Å². The third kappa shape index (κ3) is 2.33. The zero-order valence-corrected chi connectivity index (χ0v) is 7.87. The molecule has 1 aromatic heterocycles. The molecule has 0 aromatic carbocycles. The van der Waals surface area contributed by atoms with Crippen molar-refractivity contribution in [2.45, 2.75) is 0 Å². The molecule has 1 heterocycles. The minimum absolute atomic E-state index is 0. The molecule has 0 radical (unpaired) electrons. The van der Waals surface area contributed by atoms with Crippen LogP contribution in [0.15, 0.2) is 16.9 Å². The minimum Gasteiger partial charge on any atom is -0.505 e. The number of pyridine rings is 1. The van der Waals surface area contributed by atoms with E-state index in [9.17, 15) is 0 Å². The molecular weight excluding hydrogens is 241 g/mol. The molecule has 0 aliphatic carbocycles. The summed E-state index contributed by atoms with van der Waals surface area (Å²) < 4.78 is 0.409. The molecular formula is C5H4BrCl2NO. The third-order valence-electron chi connectivity index (χ3n) is 0.787. The Morgan fingerprint density at radius 3 is 2.60 bits per heavy atom. The van der Waals surface area contributed by atoms with Gasteiger partial charge in [-0.15, -0.1) is 12.4 Å². The van der Waals surface area contributed by atoms with Gasteiger partial charge in [0.05, 0.1) is 5.02 Å². The highest BCUT2D eigenvalue weighted by atomic mass is 79.9. The van der Waals surface area contributed by atoms with E-state index in [1.165, 1.54) is 12.3 Å². The Balaban J connectivity index is 0.000000810. The smallest absolute Gasteiger partial charge is 0.149 e. The lowest BCUT2D eigenvalue weighted by Gasteiger charge is -1.93. The van der Waals surface area contributed by atoms with E-state index >= 15 is 0 Å². The number of aromatic hydroxyl groups is 1. The summed E-state index contributed by atoms with van der Waals surface area (Å²) in [5.74, 6) is 0.0579. The van der Waals surface area contributed by atoms with Gasteiger partial charge in [0.1, 0.15) is 10.4 Å². The summed E-state index contributed by atoms with van der Waals surface area (Å²) in [6.45, 7) is 0. The number of nitrogens with zero attached hydrogens (tertiary/aromatic N) is 1. The van der Waals surface area contributed by atoms with Crippen LogP contribution in [0.1, 0.15) is 0 Å². The molecule has 1 rings (SSSR count). The summed E-state index contributed by atoms with van der Waals surface area (Å²) in [5, 5.41) is 9.33. The molecule has 0 aliphatic rings.